The summed E-state index contributed by atoms with van der Waals surface area (Å²) < 4.78 is 7.65. The molecule has 0 amide bonds. The zero-order valence-electron chi connectivity index (χ0n) is 14.8. The maximum atomic E-state index is 9.83. The lowest BCUT2D eigenvalue weighted by Crippen LogP contribution is -2.05. The summed E-state index contributed by atoms with van der Waals surface area (Å²) in [5.74, 6) is 2.37. The molecule has 2 heterocycles. The van der Waals surface area contributed by atoms with Crippen molar-refractivity contribution >= 4 is 22.4 Å². The Morgan fingerprint density at radius 3 is 2.88 bits per heavy atom. The van der Waals surface area contributed by atoms with Crippen molar-refractivity contribution in [2.24, 2.45) is 0 Å². The van der Waals surface area contributed by atoms with Crippen LogP contribution in [0.25, 0.3) is 22.4 Å². The molecular formula is C21H20N4O. The van der Waals surface area contributed by atoms with Crippen LogP contribution in [0.1, 0.15) is 36.5 Å². The van der Waals surface area contributed by atoms with Gasteiger partial charge in [-0.1, -0.05) is 36.8 Å². The Morgan fingerprint density at radius 1 is 1.15 bits per heavy atom. The predicted molar refractivity (Wildman–Crippen MR) is 102 cm³/mol. The second-order valence-electron chi connectivity index (χ2n) is 6.47. The second-order valence-corrected chi connectivity index (χ2v) is 6.47. The first-order valence-corrected chi connectivity index (χ1v) is 8.92. The number of ether oxygens (including phenoxy) is 1. The van der Waals surface area contributed by atoms with Crippen LogP contribution >= 0.6 is 0 Å². The Bertz CT molecular complexity index is 1030. The SMILES string of the molecule is COc1ccc2ccccc2c1/C=C(\C#N)c1nnc2n1CCCCC2. The Hall–Kier alpha value is -3.13. The molecule has 0 bridgehead atoms. The molecule has 0 atom stereocenters. The first-order valence-electron chi connectivity index (χ1n) is 8.92. The van der Waals surface area contributed by atoms with Gasteiger partial charge < -0.3 is 9.30 Å². The normalized spacial score (nSPS) is 14.5. The van der Waals surface area contributed by atoms with Gasteiger partial charge in [0.15, 0.2) is 5.82 Å². The van der Waals surface area contributed by atoms with Crippen LogP contribution in [0.4, 0.5) is 0 Å². The number of fused-ring (bicyclic) bond motifs is 2. The lowest BCUT2D eigenvalue weighted by atomic mass is 10.0. The maximum absolute atomic E-state index is 9.83. The van der Waals surface area contributed by atoms with Crippen LogP contribution in [0.15, 0.2) is 36.4 Å². The predicted octanol–water partition coefficient (Wildman–Crippen LogP) is 4.23. The molecule has 1 aliphatic rings. The molecule has 1 aromatic heterocycles. The average Bonchev–Trinajstić information content (AvgIpc) is 2.93. The second kappa shape index (κ2) is 7.01. The van der Waals surface area contributed by atoms with Crippen LogP contribution in [0.5, 0.6) is 5.75 Å². The summed E-state index contributed by atoms with van der Waals surface area (Å²) in [4.78, 5) is 0. The molecule has 0 aliphatic carbocycles. The number of hydrogen-bond acceptors (Lipinski definition) is 4. The summed E-state index contributed by atoms with van der Waals surface area (Å²) in [5, 5.41) is 20.6. The van der Waals surface area contributed by atoms with Crippen molar-refractivity contribution in [1.82, 2.24) is 14.8 Å². The van der Waals surface area contributed by atoms with Crippen LogP contribution in [0, 0.1) is 11.3 Å². The van der Waals surface area contributed by atoms with E-state index >= 15 is 0 Å². The number of benzene rings is 2. The lowest BCUT2D eigenvalue weighted by molar-refractivity contribution is 0.414. The number of methoxy groups -OCH3 is 1. The third kappa shape index (κ3) is 2.84. The molecule has 3 aromatic rings. The van der Waals surface area contributed by atoms with Gasteiger partial charge in [-0.3, -0.25) is 0 Å². The molecular weight excluding hydrogens is 324 g/mol. The largest absolute Gasteiger partial charge is 0.496 e. The molecule has 130 valence electrons. The van der Waals surface area contributed by atoms with Gasteiger partial charge in [0.1, 0.15) is 17.6 Å². The highest BCUT2D eigenvalue weighted by molar-refractivity contribution is 5.99. The van der Waals surface area contributed by atoms with Crippen molar-refractivity contribution in [1.29, 1.82) is 5.26 Å². The molecule has 5 heteroatoms. The van der Waals surface area contributed by atoms with E-state index < -0.39 is 0 Å². The molecule has 0 saturated carbocycles. The molecule has 5 nitrogen and oxygen atoms in total. The van der Waals surface area contributed by atoms with E-state index in [1.165, 1.54) is 6.42 Å². The molecule has 0 fully saturated rings. The first kappa shape index (κ1) is 16.3. The van der Waals surface area contributed by atoms with Gasteiger partial charge in [0.2, 0.25) is 0 Å². The quantitative estimate of drug-likeness (QED) is 0.667. The third-order valence-electron chi connectivity index (χ3n) is 4.91. The smallest absolute Gasteiger partial charge is 0.174 e. The molecule has 0 spiro atoms. The minimum absolute atomic E-state index is 0.514. The van der Waals surface area contributed by atoms with Crippen LogP contribution in [0.2, 0.25) is 0 Å². The van der Waals surface area contributed by atoms with Gasteiger partial charge in [-0.15, -0.1) is 10.2 Å². The first-order chi connectivity index (χ1) is 12.8. The molecule has 1 aliphatic heterocycles. The summed E-state index contributed by atoms with van der Waals surface area (Å²) in [6.45, 7) is 0.864. The summed E-state index contributed by atoms with van der Waals surface area (Å²) in [6.07, 6.45) is 6.20. The minimum Gasteiger partial charge on any atom is -0.496 e. The van der Waals surface area contributed by atoms with E-state index in [4.69, 9.17) is 4.74 Å². The summed E-state index contributed by atoms with van der Waals surface area (Å²) in [5.41, 5.74) is 1.41. The molecule has 0 radical (unpaired) electrons. The van der Waals surface area contributed by atoms with Crippen molar-refractivity contribution in [2.75, 3.05) is 7.11 Å². The Kier molecular flexibility index (Phi) is 4.40. The van der Waals surface area contributed by atoms with Gasteiger partial charge in [0.25, 0.3) is 0 Å². The zero-order valence-corrected chi connectivity index (χ0v) is 14.8. The van der Waals surface area contributed by atoms with Gasteiger partial charge >= 0.3 is 0 Å². The van der Waals surface area contributed by atoms with Crippen molar-refractivity contribution in [2.45, 2.75) is 32.2 Å². The average molecular weight is 344 g/mol. The number of aromatic nitrogens is 3. The number of rotatable bonds is 3. The van der Waals surface area contributed by atoms with Crippen LogP contribution < -0.4 is 4.74 Å². The van der Waals surface area contributed by atoms with Gasteiger partial charge in [0.05, 0.1) is 12.7 Å². The van der Waals surface area contributed by atoms with Crippen molar-refractivity contribution < 1.29 is 4.74 Å². The van der Waals surface area contributed by atoms with E-state index in [9.17, 15) is 5.26 Å². The van der Waals surface area contributed by atoms with E-state index in [0.29, 0.717) is 11.4 Å². The van der Waals surface area contributed by atoms with Gasteiger partial charge in [-0.2, -0.15) is 5.26 Å². The molecule has 2 aromatic carbocycles. The van der Waals surface area contributed by atoms with Crippen LogP contribution in [-0.4, -0.2) is 21.9 Å². The van der Waals surface area contributed by atoms with Crippen LogP contribution in [0.3, 0.4) is 0 Å². The molecule has 4 rings (SSSR count). The standard InChI is InChI=1S/C21H20N4O/c1-26-19-11-10-15-7-4-5-8-17(15)18(19)13-16(14-22)21-24-23-20-9-3-2-6-12-25(20)21/h4-5,7-8,10-11,13H,2-3,6,9,12H2,1H3/b16-13+. The fourth-order valence-corrected chi connectivity index (χ4v) is 3.58. The van der Waals surface area contributed by atoms with Gasteiger partial charge in [-0.25, -0.2) is 0 Å². The monoisotopic (exact) mass is 344 g/mol. The summed E-state index contributed by atoms with van der Waals surface area (Å²) >= 11 is 0. The molecule has 26 heavy (non-hydrogen) atoms. The van der Waals surface area contributed by atoms with E-state index in [1.807, 2.05) is 36.4 Å². The fourth-order valence-electron chi connectivity index (χ4n) is 3.58. The lowest BCUT2D eigenvalue weighted by Gasteiger charge is -2.10. The topological polar surface area (TPSA) is 63.7 Å². The number of allylic oxidation sites excluding steroid dienone is 1. The maximum Gasteiger partial charge on any atom is 0.174 e. The van der Waals surface area contributed by atoms with Crippen molar-refractivity contribution in [3.05, 3.63) is 53.6 Å². The Morgan fingerprint density at radius 2 is 2.04 bits per heavy atom. The van der Waals surface area contributed by atoms with Gasteiger partial charge in [-0.05, 0) is 35.8 Å². The van der Waals surface area contributed by atoms with E-state index in [1.54, 1.807) is 7.11 Å². The highest BCUT2D eigenvalue weighted by Gasteiger charge is 2.18. The third-order valence-corrected chi connectivity index (χ3v) is 4.91. The van der Waals surface area contributed by atoms with Crippen molar-refractivity contribution in [3.63, 3.8) is 0 Å². The number of hydrogen-bond donors (Lipinski definition) is 0. The highest BCUT2D eigenvalue weighted by Crippen LogP contribution is 2.32. The summed E-state index contributed by atoms with van der Waals surface area (Å²) in [6, 6.07) is 14.4. The minimum atomic E-state index is 0.514. The number of nitriles is 1. The van der Waals surface area contributed by atoms with Crippen molar-refractivity contribution in [3.8, 4) is 11.8 Å². The van der Waals surface area contributed by atoms with Crippen LogP contribution in [-0.2, 0) is 13.0 Å². The number of aryl methyl sites for hydroxylation is 1. The number of nitrogens with zero attached hydrogens (tertiary/aromatic N) is 4. The molecule has 0 N–H and O–H groups in total. The van der Waals surface area contributed by atoms with E-state index in [0.717, 1.165) is 53.7 Å². The molecule has 0 unspecified atom stereocenters. The fraction of sp³-hybridized carbons (Fsp3) is 0.286. The zero-order chi connectivity index (χ0) is 17.9. The molecule has 0 saturated heterocycles. The van der Waals surface area contributed by atoms with E-state index in [-0.39, 0.29) is 0 Å². The Balaban J connectivity index is 1.89. The van der Waals surface area contributed by atoms with E-state index in [2.05, 4.69) is 26.9 Å². The Labute approximate surface area is 152 Å². The summed E-state index contributed by atoms with van der Waals surface area (Å²) in [7, 11) is 1.65. The highest BCUT2D eigenvalue weighted by atomic mass is 16.5. The van der Waals surface area contributed by atoms with Gasteiger partial charge in [0, 0.05) is 18.5 Å².